The van der Waals surface area contributed by atoms with Crippen LogP contribution >= 0.6 is 11.8 Å². The molecule has 2 aliphatic rings. The summed E-state index contributed by atoms with van der Waals surface area (Å²) in [5, 5.41) is 5.50. The molecule has 0 fully saturated rings. The molecule has 1 amide bonds. The molecule has 4 rings (SSSR count). The minimum atomic E-state index is -0.495. The number of allylic oxidation sites excluding steroid dienone is 1. The highest BCUT2D eigenvalue weighted by atomic mass is 32.2. The van der Waals surface area contributed by atoms with Crippen LogP contribution in [0, 0.1) is 5.82 Å². The molecule has 0 aliphatic carbocycles. The van der Waals surface area contributed by atoms with Crippen LogP contribution in [0.1, 0.15) is 55.8 Å². The number of amides is 1. The van der Waals surface area contributed by atoms with Crippen molar-refractivity contribution in [2.45, 2.75) is 45.7 Å². The SMILES string of the molecule is COCCOC(=O)C1=C(C)N=C2SC=C(CC(=O)NCc3ccc(F)cc3)N2[C@H]1c1ccc(C(C)C)cc1. The van der Waals surface area contributed by atoms with Crippen LogP contribution in [0.2, 0.25) is 0 Å². The Morgan fingerprint density at radius 2 is 1.82 bits per heavy atom. The number of aliphatic imine (C=N–C) groups is 1. The van der Waals surface area contributed by atoms with Crippen LogP contribution in [-0.2, 0) is 25.6 Å². The largest absolute Gasteiger partial charge is 0.460 e. The minimum absolute atomic E-state index is 0.0961. The van der Waals surface area contributed by atoms with Crippen LogP contribution in [0.5, 0.6) is 0 Å². The lowest BCUT2D eigenvalue weighted by molar-refractivity contribution is -0.141. The predicted molar refractivity (Wildman–Crippen MR) is 147 cm³/mol. The summed E-state index contributed by atoms with van der Waals surface area (Å²) in [6.45, 7) is 6.78. The maximum atomic E-state index is 13.3. The number of hydrogen-bond donors (Lipinski definition) is 1. The van der Waals surface area contributed by atoms with Crippen LogP contribution in [0.15, 0.2) is 75.9 Å². The van der Waals surface area contributed by atoms with Gasteiger partial charge in [0.05, 0.1) is 30.3 Å². The third-order valence-corrected chi connectivity index (χ3v) is 7.29. The summed E-state index contributed by atoms with van der Waals surface area (Å²) in [6, 6.07) is 13.7. The van der Waals surface area contributed by atoms with Crippen molar-refractivity contribution < 1.29 is 23.5 Å². The van der Waals surface area contributed by atoms with Crippen molar-refractivity contribution >= 4 is 28.8 Å². The van der Waals surface area contributed by atoms with Crippen molar-refractivity contribution in [3.63, 3.8) is 0 Å². The number of halogens is 1. The number of carbonyl (C=O) groups excluding carboxylic acids is 2. The van der Waals surface area contributed by atoms with Crippen molar-refractivity contribution in [3.05, 3.63) is 93.4 Å². The highest BCUT2D eigenvalue weighted by molar-refractivity contribution is 8.16. The van der Waals surface area contributed by atoms with Crippen molar-refractivity contribution in [3.8, 4) is 0 Å². The Morgan fingerprint density at radius 1 is 1.11 bits per heavy atom. The summed E-state index contributed by atoms with van der Waals surface area (Å²) in [4.78, 5) is 32.8. The molecule has 2 heterocycles. The predicted octanol–water partition coefficient (Wildman–Crippen LogP) is 5.42. The summed E-state index contributed by atoms with van der Waals surface area (Å²) < 4.78 is 23.8. The lowest BCUT2D eigenvalue weighted by Gasteiger charge is -2.36. The fraction of sp³-hybridized carbons (Fsp3) is 0.345. The molecule has 0 bridgehead atoms. The molecule has 0 unspecified atom stereocenters. The van der Waals surface area contributed by atoms with Gasteiger partial charge in [-0.1, -0.05) is 62.0 Å². The molecule has 0 radical (unpaired) electrons. The standard InChI is InChI=1S/C29H32FN3O4S/c1-18(2)21-7-9-22(10-8-21)27-26(28(35)37-14-13-36-4)19(3)32-29-33(27)24(17-38-29)15-25(34)31-16-20-5-11-23(30)12-6-20/h5-12,17-18,27H,13-16H2,1-4H3,(H,31,34)/t27-/m0/s1. The number of rotatable bonds is 10. The molecule has 0 saturated carbocycles. The third-order valence-electron chi connectivity index (χ3n) is 6.40. The Balaban J connectivity index is 1.59. The van der Waals surface area contributed by atoms with Crippen molar-refractivity contribution in [1.29, 1.82) is 0 Å². The van der Waals surface area contributed by atoms with Gasteiger partial charge in [-0.05, 0) is 47.1 Å². The molecule has 7 nitrogen and oxygen atoms in total. The molecule has 2 aliphatic heterocycles. The van der Waals surface area contributed by atoms with E-state index in [-0.39, 0.29) is 31.3 Å². The summed E-state index contributed by atoms with van der Waals surface area (Å²) >= 11 is 1.42. The van der Waals surface area contributed by atoms with Crippen molar-refractivity contribution in [2.75, 3.05) is 20.3 Å². The lowest BCUT2D eigenvalue weighted by atomic mass is 9.92. The van der Waals surface area contributed by atoms with Gasteiger partial charge in [0, 0.05) is 19.4 Å². The Labute approximate surface area is 226 Å². The topological polar surface area (TPSA) is 80.2 Å². The molecule has 0 spiro atoms. The second-order valence-electron chi connectivity index (χ2n) is 9.42. The highest BCUT2D eigenvalue weighted by Crippen LogP contribution is 2.45. The number of nitrogens with zero attached hydrogens (tertiary/aromatic N) is 2. The van der Waals surface area contributed by atoms with Crippen molar-refractivity contribution in [1.82, 2.24) is 10.2 Å². The normalized spacial score (nSPS) is 16.8. The molecule has 38 heavy (non-hydrogen) atoms. The number of methoxy groups -OCH3 is 1. The molecule has 9 heteroatoms. The number of esters is 1. The van der Waals surface area contributed by atoms with Gasteiger partial charge in [0.2, 0.25) is 5.91 Å². The highest BCUT2D eigenvalue weighted by Gasteiger charge is 2.41. The number of ether oxygens (including phenoxy) is 2. The third kappa shape index (κ3) is 6.34. The van der Waals surface area contributed by atoms with E-state index in [9.17, 15) is 14.0 Å². The molecule has 1 N–H and O–H groups in total. The number of benzene rings is 2. The number of nitrogens with one attached hydrogen (secondary N) is 1. The molecule has 200 valence electrons. The van der Waals surface area contributed by atoms with Gasteiger partial charge in [0.25, 0.3) is 0 Å². The zero-order valence-corrected chi connectivity index (χ0v) is 22.8. The quantitative estimate of drug-likeness (QED) is 0.322. The smallest absolute Gasteiger partial charge is 0.338 e. The first-order valence-electron chi connectivity index (χ1n) is 12.5. The van der Waals surface area contributed by atoms with Gasteiger partial charge >= 0.3 is 5.97 Å². The van der Waals surface area contributed by atoms with Gasteiger partial charge in [-0.2, -0.15) is 0 Å². The van der Waals surface area contributed by atoms with E-state index in [2.05, 4.69) is 36.3 Å². The first kappa shape index (κ1) is 27.6. The van der Waals surface area contributed by atoms with E-state index in [0.29, 0.717) is 29.0 Å². The monoisotopic (exact) mass is 537 g/mol. The van der Waals surface area contributed by atoms with E-state index in [1.807, 2.05) is 22.4 Å². The van der Waals surface area contributed by atoms with Crippen LogP contribution in [0.4, 0.5) is 4.39 Å². The number of amidine groups is 1. The fourth-order valence-corrected chi connectivity index (χ4v) is 5.30. The molecular weight excluding hydrogens is 505 g/mol. The molecule has 0 aromatic heterocycles. The van der Waals surface area contributed by atoms with E-state index in [4.69, 9.17) is 9.47 Å². The summed E-state index contributed by atoms with van der Waals surface area (Å²) in [7, 11) is 1.55. The van der Waals surface area contributed by atoms with Crippen LogP contribution < -0.4 is 5.32 Å². The summed E-state index contributed by atoms with van der Waals surface area (Å²) in [5.41, 5.74) is 4.65. The molecule has 2 aromatic carbocycles. The van der Waals surface area contributed by atoms with Gasteiger partial charge in [0.15, 0.2) is 5.17 Å². The molecular formula is C29H32FN3O4S. The van der Waals surface area contributed by atoms with E-state index in [1.165, 1.54) is 29.5 Å². The van der Waals surface area contributed by atoms with E-state index in [0.717, 1.165) is 16.8 Å². The number of hydrogen-bond acceptors (Lipinski definition) is 7. The molecule has 1 atom stereocenters. The second kappa shape index (κ2) is 12.4. The van der Waals surface area contributed by atoms with Gasteiger partial charge in [-0.3, -0.25) is 4.79 Å². The fourth-order valence-electron chi connectivity index (χ4n) is 4.33. The average molecular weight is 538 g/mol. The first-order chi connectivity index (χ1) is 18.3. The van der Waals surface area contributed by atoms with Gasteiger partial charge < -0.3 is 19.7 Å². The Hall–Kier alpha value is -3.43. The van der Waals surface area contributed by atoms with Gasteiger partial charge in [-0.25, -0.2) is 14.2 Å². The van der Waals surface area contributed by atoms with Crippen LogP contribution in [-0.4, -0.2) is 42.3 Å². The Kier molecular flexibility index (Phi) is 9.01. The zero-order valence-electron chi connectivity index (χ0n) is 22.0. The summed E-state index contributed by atoms with van der Waals surface area (Å²) in [5.74, 6) is -0.604. The Morgan fingerprint density at radius 3 is 2.47 bits per heavy atom. The molecule has 2 aromatic rings. The van der Waals surface area contributed by atoms with Crippen LogP contribution in [0.3, 0.4) is 0 Å². The maximum Gasteiger partial charge on any atom is 0.338 e. The van der Waals surface area contributed by atoms with E-state index in [1.54, 1.807) is 26.2 Å². The Bertz CT molecular complexity index is 1270. The average Bonchev–Trinajstić information content (AvgIpc) is 3.29. The van der Waals surface area contributed by atoms with Gasteiger partial charge in [0.1, 0.15) is 12.4 Å². The molecule has 0 saturated heterocycles. The minimum Gasteiger partial charge on any atom is -0.460 e. The number of fused-ring (bicyclic) bond motifs is 1. The van der Waals surface area contributed by atoms with Crippen molar-refractivity contribution in [2.24, 2.45) is 4.99 Å². The lowest BCUT2D eigenvalue weighted by Crippen LogP contribution is -2.38. The zero-order chi connectivity index (χ0) is 27.2. The maximum absolute atomic E-state index is 13.3. The second-order valence-corrected chi connectivity index (χ2v) is 10.3. The first-order valence-corrected chi connectivity index (χ1v) is 13.4. The van der Waals surface area contributed by atoms with E-state index >= 15 is 0 Å². The van der Waals surface area contributed by atoms with Crippen LogP contribution in [0.25, 0.3) is 0 Å². The number of carbonyl (C=O) groups is 2. The number of thioether (sulfide) groups is 1. The van der Waals surface area contributed by atoms with E-state index < -0.39 is 12.0 Å². The van der Waals surface area contributed by atoms with Gasteiger partial charge in [-0.15, -0.1) is 0 Å². The summed E-state index contributed by atoms with van der Waals surface area (Å²) in [6.07, 6.45) is 0.0961.